The Morgan fingerprint density at radius 1 is 0.267 bits per heavy atom. The first-order valence-corrected chi connectivity index (χ1v) is 20.1. The first-order valence-electron chi connectivity index (χ1n) is 16.2. The molecule has 0 N–H and O–H groups in total. The minimum Gasteiger partial charge on any atom is -0.312 e. The maximum absolute atomic E-state index is 2.91. The van der Waals surface area contributed by atoms with Gasteiger partial charge in [-0.2, -0.15) is 0 Å². The molecule has 0 atom stereocenters. The fourth-order valence-corrected chi connectivity index (χ4v) is 17.9. The lowest BCUT2D eigenvalue weighted by molar-refractivity contribution is 0.427. The third-order valence-electron chi connectivity index (χ3n) is 9.59. The molecule has 1 saturated heterocycles. The average Bonchev–Trinajstić information content (AvgIpc) is 3.39. The largest absolute Gasteiger partial charge is 0.312 e. The van der Waals surface area contributed by atoms with Crippen molar-refractivity contribution in [2.75, 3.05) is 26.2 Å². The number of rotatable bonds is 8. The molecule has 0 aliphatic carbocycles. The molecule has 222 valence electrons. The fraction of sp³-hybridized carbons (Fsp3) is 0.122. The zero-order chi connectivity index (χ0) is 30.4. The van der Waals surface area contributed by atoms with Crippen LogP contribution >= 0.6 is 0 Å². The van der Waals surface area contributed by atoms with Gasteiger partial charge in [-0.1, -0.05) is 182 Å². The summed E-state index contributed by atoms with van der Waals surface area (Å²) in [5.74, 6) is 0. The number of hydrogen-bond donors (Lipinski definition) is 0. The van der Waals surface area contributed by atoms with Crippen LogP contribution in [0, 0.1) is 0 Å². The van der Waals surface area contributed by atoms with E-state index < -0.39 is 16.5 Å². The van der Waals surface area contributed by atoms with Gasteiger partial charge in [0.1, 0.15) is 0 Å². The molecular formula is C41H40N2Si2. The Kier molecular flexibility index (Phi) is 8.72. The van der Waals surface area contributed by atoms with E-state index in [1.54, 1.807) is 0 Å². The van der Waals surface area contributed by atoms with Crippen LogP contribution in [-0.4, -0.2) is 51.8 Å². The fourth-order valence-electron chi connectivity index (χ4n) is 7.76. The van der Waals surface area contributed by atoms with E-state index in [0.717, 1.165) is 32.6 Å². The summed E-state index contributed by atoms with van der Waals surface area (Å²) in [6.07, 6.45) is 1.11. The first-order chi connectivity index (χ1) is 22.3. The van der Waals surface area contributed by atoms with Crippen molar-refractivity contribution in [2.45, 2.75) is 6.42 Å². The quantitative estimate of drug-likeness (QED) is 0.186. The van der Waals surface area contributed by atoms with Crippen LogP contribution in [-0.2, 0) is 0 Å². The highest BCUT2D eigenvalue weighted by Gasteiger charge is 2.49. The minimum absolute atomic E-state index is 1.01. The molecule has 0 saturated carbocycles. The van der Waals surface area contributed by atoms with Gasteiger partial charge in [0, 0.05) is 13.1 Å². The zero-order valence-corrected chi connectivity index (χ0v) is 27.8. The van der Waals surface area contributed by atoms with Crippen LogP contribution in [0.1, 0.15) is 6.42 Å². The van der Waals surface area contributed by atoms with E-state index in [1.807, 2.05) is 0 Å². The van der Waals surface area contributed by atoms with Crippen LogP contribution in [0.2, 0.25) is 0 Å². The number of benzene rings is 6. The lowest BCUT2D eigenvalue weighted by Crippen LogP contribution is -2.79. The van der Waals surface area contributed by atoms with Gasteiger partial charge in [-0.3, -0.25) is 0 Å². The van der Waals surface area contributed by atoms with Crippen LogP contribution in [0.4, 0.5) is 0 Å². The molecule has 0 amide bonds. The van der Waals surface area contributed by atoms with Gasteiger partial charge < -0.3 is 9.13 Å². The molecule has 0 bridgehead atoms. The molecule has 7 rings (SSSR count). The lowest BCUT2D eigenvalue weighted by atomic mass is 10.3. The highest BCUT2D eigenvalue weighted by molar-refractivity contribution is 7.10. The zero-order valence-electron chi connectivity index (χ0n) is 25.8. The van der Waals surface area contributed by atoms with E-state index in [9.17, 15) is 0 Å². The molecule has 0 aromatic heterocycles. The van der Waals surface area contributed by atoms with Gasteiger partial charge in [0.2, 0.25) is 16.5 Å². The van der Waals surface area contributed by atoms with Crippen molar-refractivity contribution in [3.05, 3.63) is 182 Å². The van der Waals surface area contributed by atoms with E-state index in [1.165, 1.54) is 31.1 Å². The molecule has 2 nitrogen and oxygen atoms in total. The minimum atomic E-state index is -2.56. The standard InChI is InChI=1S/C41H40N2Si2/c1-7-20-36(21-8-1)44(37-22-9-2-10-23-37,38-24-11-3-12-25-38)42-32-19-33-43(35-34-42)45(39-26-13-4-14-27-39,40-28-15-5-16-29-40)41-30-17-6-18-31-41/h1-18,20-31H,19,32-35H2. The summed E-state index contributed by atoms with van der Waals surface area (Å²) >= 11 is 0. The molecule has 0 spiro atoms. The Bertz CT molecular complexity index is 1440. The molecule has 1 heterocycles. The summed E-state index contributed by atoms with van der Waals surface area (Å²) in [6, 6.07) is 68.2. The molecule has 0 unspecified atom stereocenters. The van der Waals surface area contributed by atoms with Crippen molar-refractivity contribution in [3.63, 3.8) is 0 Å². The van der Waals surface area contributed by atoms with Gasteiger partial charge in [-0.15, -0.1) is 0 Å². The molecule has 6 aromatic rings. The van der Waals surface area contributed by atoms with Gasteiger partial charge in [0.05, 0.1) is 0 Å². The normalized spacial score (nSPS) is 14.9. The van der Waals surface area contributed by atoms with Crippen molar-refractivity contribution >= 4 is 47.6 Å². The van der Waals surface area contributed by atoms with E-state index in [-0.39, 0.29) is 0 Å². The molecule has 1 aliphatic rings. The SMILES string of the molecule is c1ccc([Si](c2ccccc2)(c2ccccc2)N2CCCN([Si](c3ccccc3)(c3ccccc3)c3ccccc3)CC2)cc1. The van der Waals surface area contributed by atoms with Crippen LogP contribution in [0.25, 0.3) is 0 Å². The summed E-state index contributed by atoms with van der Waals surface area (Å²) < 4.78 is 5.82. The van der Waals surface area contributed by atoms with Crippen molar-refractivity contribution in [3.8, 4) is 0 Å². The van der Waals surface area contributed by atoms with Crippen LogP contribution < -0.4 is 31.1 Å². The summed E-state index contributed by atoms with van der Waals surface area (Å²) in [6.45, 7) is 4.13. The maximum Gasteiger partial charge on any atom is 0.225 e. The van der Waals surface area contributed by atoms with Crippen LogP contribution in [0.3, 0.4) is 0 Å². The summed E-state index contributed by atoms with van der Waals surface area (Å²) in [4.78, 5) is 0. The first kappa shape index (κ1) is 29.4. The van der Waals surface area contributed by atoms with Gasteiger partial charge in [-0.05, 0) is 50.6 Å². The molecule has 1 fully saturated rings. The molecule has 1 aliphatic heterocycles. The number of nitrogens with zero attached hydrogens (tertiary/aromatic N) is 2. The maximum atomic E-state index is 2.91. The summed E-state index contributed by atoms with van der Waals surface area (Å²) in [5, 5.41) is 8.71. The van der Waals surface area contributed by atoms with E-state index in [0.29, 0.717) is 0 Å². The Morgan fingerprint density at radius 2 is 0.467 bits per heavy atom. The Labute approximate surface area is 270 Å². The summed E-state index contributed by atoms with van der Waals surface area (Å²) in [5.41, 5.74) is 0. The highest BCUT2D eigenvalue weighted by Crippen LogP contribution is 2.21. The lowest BCUT2D eigenvalue weighted by Gasteiger charge is -2.45. The predicted octanol–water partition coefficient (Wildman–Crippen LogP) is 4.33. The topological polar surface area (TPSA) is 6.48 Å². The van der Waals surface area contributed by atoms with Crippen molar-refractivity contribution in [1.29, 1.82) is 0 Å². The van der Waals surface area contributed by atoms with Crippen molar-refractivity contribution in [2.24, 2.45) is 0 Å². The molecular weight excluding hydrogens is 577 g/mol. The van der Waals surface area contributed by atoms with Crippen LogP contribution in [0.5, 0.6) is 0 Å². The van der Waals surface area contributed by atoms with Crippen molar-refractivity contribution in [1.82, 2.24) is 9.13 Å². The molecule has 0 radical (unpaired) electrons. The van der Waals surface area contributed by atoms with E-state index in [4.69, 9.17) is 0 Å². The van der Waals surface area contributed by atoms with E-state index in [2.05, 4.69) is 191 Å². The second-order valence-corrected chi connectivity index (χ2v) is 19.5. The molecule has 6 aromatic carbocycles. The second-order valence-electron chi connectivity index (χ2n) is 11.9. The Hall–Kier alpha value is -4.33. The van der Waals surface area contributed by atoms with Gasteiger partial charge in [-0.25, -0.2) is 0 Å². The Balaban J connectivity index is 1.40. The van der Waals surface area contributed by atoms with Crippen LogP contribution in [0.15, 0.2) is 182 Å². The predicted molar refractivity (Wildman–Crippen MR) is 196 cm³/mol. The van der Waals surface area contributed by atoms with E-state index >= 15 is 0 Å². The molecule has 45 heavy (non-hydrogen) atoms. The second kappa shape index (κ2) is 13.3. The van der Waals surface area contributed by atoms with Gasteiger partial charge in [0.15, 0.2) is 0 Å². The third kappa shape index (κ3) is 5.34. The van der Waals surface area contributed by atoms with Gasteiger partial charge in [0.25, 0.3) is 0 Å². The Morgan fingerprint density at radius 3 is 0.667 bits per heavy atom. The molecule has 4 heteroatoms. The number of hydrogen-bond acceptors (Lipinski definition) is 2. The monoisotopic (exact) mass is 616 g/mol. The van der Waals surface area contributed by atoms with Gasteiger partial charge >= 0.3 is 0 Å². The smallest absolute Gasteiger partial charge is 0.225 e. The van der Waals surface area contributed by atoms with Crippen molar-refractivity contribution < 1.29 is 0 Å². The summed E-state index contributed by atoms with van der Waals surface area (Å²) in [7, 11) is -5.12. The third-order valence-corrected chi connectivity index (χ3v) is 19.4. The highest BCUT2D eigenvalue weighted by atomic mass is 28.3. The average molecular weight is 617 g/mol.